The lowest BCUT2D eigenvalue weighted by atomic mass is 9.99. The minimum absolute atomic E-state index is 0.127. The molecule has 7 nitrogen and oxygen atoms in total. The van der Waals surface area contributed by atoms with E-state index in [2.05, 4.69) is 51.2 Å². The summed E-state index contributed by atoms with van der Waals surface area (Å²) in [5.41, 5.74) is 5.83. The van der Waals surface area contributed by atoms with E-state index in [9.17, 15) is 23.1 Å². The first kappa shape index (κ1) is 26.4. The Balaban J connectivity index is 0.000000405. The minimum Gasteiger partial charge on any atom is -0.477 e. The van der Waals surface area contributed by atoms with Crippen molar-refractivity contribution in [3.63, 3.8) is 0 Å². The fourth-order valence-electron chi connectivity index (χ4n) is 4.61. The van der Waals surface area contributed by atoms with Crippen LogP contribution in [0.4, 0.5) is 18.9 Å². The van der Waals surface area contributed by atoms with Gasteiger partial charge in [0.2, 0.25) is 0 Å². The molecule has 11 heteroatoms. The number of pyridine rings is 1. The molecule has 1 atom stereocenters. The lowest BCUT2D eigenvalue weighted by Crippen LogP contribution is -2.51. The molecule has 0 bridgehead atoms. The van der Waals surface area contributed by atoms with E-state index in [0.29, 0.717) is 6.04 Å². The zero-order valence-corrected chi connectivity index (χ0v) is 20.2. The van der Waals surface area contributed by atoms with E-state index in [4.69, 9.17) is 21.5 Å². The van der Waals surface area contributed by atoms with Crippen LogP contribution in [0.5, 0.6) is 0 Å². The van der Waals surface area contributed by atoms with Gasteiger partial charge in [0.25, 0.3) is 0 Å². The van der Waals surface area contributed by atoms with Gasteiger partial charge in [0.15, 0.2) is 0 Å². The average Bonchev–Trinajstić information content (AvgIpc) is 3.22. The number of carboxylic acid groups (broad SMARTS) is 2. The third-order valence-corrected chi connectivity index (χ3v) is 6.54. The summed E-state index contributed by atoms with van der Waals surface area (Å²) in [6, 6.07) is 20.4. The number of fused-ring (bicyclic) bond motifs is 3. The van der Waals surface area contributed by atoms with Gasteiger partial charge in [-0.05, 0) is 41.0 Å². The van der Waals surface area contributed by atoms with E-state index in [1.54, 1.807) is 6.07 Å². The number of aliphatic carboxylic acids is 1. The summed E-state index contributed by atoms with van der Waals surface area (Å²) < 4.78 is 31.7. The second-order valence-electron chi connectivity index (χ2n) is 8.72. The first-order valence-electron chi connectivity index (χ1n) is 11.4. The highest BCUT2D eigenvalue weighted by molar-refractivity contribution is 6.30. The van der Waals surface area contributed by atoms with Crippen molar-refractivity contribution in [2.45, 2.75) is 25.2 Å². The molecule has 2 aliphatic rings. The Bertz CT molecular complexity index is 1300. The number of nitrogens with zero attached hydrogens (tertiary/aromatic N) is 3. The molecule has 0 spiro atoms. The molecule has 0 radical (unpaired) electrons. The van der Waals surface area contributed by atoms with Crippen LogP contribution in [-0.2, 0) is 17.8 Å². The SMILES string of the molecule is O=C(O)C(F)(F)F.O=C(O)c1ccc2c(n1)CC1CN(Cc3ccccc3-c3ccc(Cl)cc3)CCN21. The van der Waals surface area contributed by atoms with E-state index in [-0.39, 0.29) is 5.69 Å². The second-order valence-corrected chi connectivity index (χ2v) is 9.16. The number of anilines is 1. The smallest absolute Gasteiger partial charge is 0.477 e. The molecule has 1 saturated heterocycles. The van der Waals surface area contributed by atoms with Gasteiger partial charge in [-0.25, -0.2) is 14.6 Å². The van der Waals surface area contributed by atoms with Gasteiger partial charge in [-0.1, -0.05) is 48.0 Å². The number of carboxylic acids is 2. The highest BCUT2D eigenvalue weighted by Crippen LogP contribution is 2.34. The number of hydrogen-bond donors (Lipinski definition) is 2. The number of hydrogen-bond acceptors (Lipinski definition) is 5. The normalized spacial score (nSPS) is 16.9. The van der Waals surface area contributed by atoms with Gasteiger partial charge < -0.3 is 15.1 Å². The van der Waals surface area contributed by atoms with Crippen LogP contribution in [-0.4, -0.2) is 63.9 Å². The lowest BCUT2D eigenvalue weighted by molar-refractivity contribution is -0.192. The minimum atomic E-state index is -5.08. The molecule has 1 unspecified atom stereocenters. The summed E-state index contributed by atoms with van der Waals surface area (Å²) in [5.74, 6) is -3.73. The average molecular weight is 534 g/mol. The van der Waals surface area contributed by atoms with Crippen molar-refractivity contribution in [3.8, 4) is 11.1 Å². The molecule has 3 heterocycles. The van der Waals surface area contributed by atoms with E-state index in [0.717, 1.165) is 49.0 Å². The maximum absolute atomic E-state index is 11.2. The van der Waals surface area contributed by atoms with Crippen molar-refractivity contribution in [2.24, 2.45) is 0 Å². The number of piperazine rings is 1. The highest BCUT2D eigenvalue weighted by atomic mass is 35.5. The van der Waals surface area contributed by atoms with Crippen molar-refractivity contribution in [3.05, 3.63) is 82.6 Å². The molecule has 0 saturated carbocycles. The number of carbonyl (C=O) groups is 2. The highest BCUT2D eigenvalue weighted by Gasteiger charge is 2.38. The molecule has 2 aromatic carbocycles. The third kappa shape index (κ3) is 6.20. The van der Waals surface area contributed by atoms with Crippen LogP contribution in [0, 0.1) is 0 Å². The first-order chi connectivity index (χ1) is 17.5. The molecule has 5 rings (SSSR count). The molecule has 1 aromatic heterocycles. The first-order valence-corrected chi connectivity index (χ1v) is 11.8. The Morgan fingerprint density at radius 3 is 2.32 bits per heavy atom. The topological polar surface area (TPSA) is 94.0 Å². The fraction of sp³-hybridized carbons (Fsp3) is 0.269. The van der Waals surface area contributed by atoms with Gasteiger partial charge in [0.05, 0.1) is 11.4 Å². The van der Waals surface area contributed by atoms with Gasteiger partial charge in [0, 0.05) is 43.7 Å². The van der Waals surface area contributed by atoms with Crippen molar-refractivity contribution >= 4 is 29.2 Å². The second kappa shape index (κ2) is 10.8. The lowest BCUT2D eigenvalue weighted by Gasteiger charge is -2.39. The molecule has 2 N–H and O–H groups in total. The number of rotatable bonds is 4. The van der Waals surface area contributed by atoms with Gasteiger partial charge in [-0.15, -0.1) is 0 Å². The maximum atomic E-state index is 11.2. The predicted molar refractivity (Wildman–Crippen MR) is 132 cm³/mol. The van der Waals surface area contributed by atoms with E-state index in [1.165, 1.54) is 16.7 Å². The molecule has 1 fully saturated rings. The van der Waals surface area contributed by atoms with E-state index < -0.39 is 18.1 Å². The number of aromatic nitrogens is 1. The van der Waals surface area contributed by atoms with Gasteiger partial charge in [-0.2, -0.15) is 13.2 Å². The molecule has 2 aliphatic heterocycles. The Morgan fingerprint density at radius 2 is 1.68 bits per heavy atom. The quantitative estimate of drug-likeness (QED) is 0.488. The Hall–Kier alpha value is -3.63. The van der Waals surface area contributed by atoms with Crippen molar-refractivity contribution < 1.29 is 33.0 Å². The number of halogens is 4. The van der Waals surface area contributed by atoms with Crippen molar-refractivity contribution in [1.82, 2.24) is 9.88 Å². The fourth-order valence-corrected chi connectivity index (χ4v) is 4.74. The Kier molecular flexibility index (Phi) is 7.70. The van der Waals surface area contributed by atoms with Crippen LogP contribution < -0.4 is 4.90 Å². The van der Waals surface area contributed by atoms with Crippen molar-refractivity contribution in [2.75, 3.05) is 24.5 Å². The van der Waals surface area contributed by atoms with Crippen LogP contribution in [0.3, 0.4) is 0 Å². The van der Waals surface area contributed by atoms with Crippen LogP contribution >= 0.6 is 11.6 Å². The number of aromatic carboxylic acids is 1. The molecule has 0 aliphatic carbocycles. The van der Waals surface area contributed by atoms with Crippen LogP contribution in [0.25, 0.3) is 11.1 Å². The summed E-state index contributed by atoms with van der Waals surface area (Å²) in [5, 5.41) is 17.1. The van der Waals surface area contributed by atoms with Gasteiger partial charge in [0.1, 0.15) is 5.69 Å². The summed E-state index contributed by atoms with van der Waals surface area (Å²) in [4.78, 5) is 29.4. The van der Waals surface area contributed by atoms with Crippen LogP contribution in [0.1, 0.15) is 21.7 Å². The molecule has 194 valence electrons. The summed E-state index contributed by atoms with van der Waals surface area (Å²) >= 11 is 6.06. The molecule has 37 heavy (non-hydrogen) atoms. The largest absolute Gasteiger partial charge is 0.490 e. The summed E-state index contributed by atoms with van der Waals surface area (Å²) in [7, 11) is 0. The number of alkyl halides is 3. The van der Waals surface area contributed by atoms with Crippen LogP contribution in [0.15, 0.2) is 60.7 Å². The summed E-state index contributed by atoms with van der Waals surface area (Å²) in [6.45, 7) is 3.71. The zero-order valence-electron chi connectivity index (χ0n) is 19.5. The van der Waals surface area contributed by atoms with Gasteiger partial charge >= 0.3 is 18.1 Å². The molecule has 0 amide bonds. The Morgan fingerprint density at radius 1 is 1.00 bits per heavy atom. The third-order valence-electron chi connectivity index (χ3n) is 6.28. The standard InChI is InChI=1S/C24H22ClN3O2.C2HF3O2/c25-18-7-5-16(6-8-18)20-4-2-1-3-17(20)14-27-11-12-28-19(15-27)13-22-23(28)10-9-21(26-22)24(29)30;3-2(4,5)1(6)7/h1-10,19H,11-15H2,(H,29,30);(H,6,7). The van der Waals surface area contributed by atoms with Crippen molar-refractivity contribution in [1.29, 1.82) is 0 Å². The maximum Gasteiger partial charge on any atom is 0.490 e. The van der Waals surface area contributed by atoms with Gasteiger partial charge in [-0.3, -0.25) is 4.90 Å². The zero-order chi connectivity index (χ0) is 26.7. The van der Waals surface area contributed by atoms with Crippen LogP contribution in [0.2, 0.25) is 5.02 Å². The molecular formula is C26H23ClF3N3O4. The predicted octanol–water partition coefficient (Wildman–Crippen LogP) is 4.98. The summed E-state index contributed by atoms with van der Waals surface area (Å²) in [6.07, 6.45) is -4.29. The Labute approximate surface area is 215 Å². The van der Waals surface area contributed by atoms with E-state index in [1.807, 2.05) is 18.2 Å². The molecule has 3 aromatic rings. The van der Waals surface area contributed by atoms with E-state index >= 15 is 0 Å². The number of benzene rings is 2. The monoisotopic (exact) mass is 533 g/mol. The molecular weight excluding hydrogens is 511 g/mol.